The van der Waals surface area contributed by atoms with E-state index < -0.39 is 0 Å². The summed E-state index contributed by atoms with van der Waals surface area (Å²) in [6, 6.07) is 8.40. The zero-order valence-electron chi connectivity index (χ0n) is 17.3. The molecule has 0 fully saturated rings. The van der Waals surface area contributed by atoms with Gasteiger partial charge in [-0.25, -0.2) is 0 Å². The molecule has 0 heterocycles. The van der Waals surface area contributed by atoms with E-state index in [-0.39, 0.29) is 0 Å². The molecule has 26 heavy (non-hydrogen) atoms. The van der Waals surface area contributed by atoms with Crippen LogP contribution in [0.1, 0.15) is 102 Å². The third-order valence-electron chi connectivity index (χ3n) is 5.07. The fraction of sp³-hybridized carbons (Fsp3) is 0.680. The second-order valence-corrected chi connectivity index (χ2v) is 7.58. The second kappa shape index (κ2) is 17.2. The molecule has 1 heteroatoms. The van der Waals surface area contributed by atoms with Crippen LogP contribution in [0.15, 0.2) is 36.9 Å². The van der Waals surface area contributed by atoms with Crippen LogP contribution in [0.4, 0.5) is 0 Å². The maximum Gasteiger partial charge on any atom is 0.119 e. The SMILES string of the molecule is C=CCc1ccc(OCCCCCCCCCCCCCCCC)cc1. The lowest BCUT2D eigenvalue weighted by Gasteiger charge is -2.07. The summed E-state index contributed by atoms with van der Waals surface area (Å²) in [5.41, 5.74) is 1.30. The number of rotatable bonds is 18. The second-order valence-electron chi connectivity index (χ2n) is 7.58. The number of benzene rings is 1. The molecule has 1 nitrogen and oxygen atoms in total. The summed E-state index contributed by atoms with van der Waals surface area (Å²) in [5, 5.41) is 0. The Balaban J connectivity index is 1.81. The summed E-state index contributed by atoms with van der Waals surface area (Å²) in [6.07, 6.45) is 22.4. The average Bonchev–Trinajstić information content (AvgIpc) is 2.66. The lowest BCUT2D eigenvalue weighted by atomic mass is 10.0. The largest absolute Gasteiger partial charge is 0.494 e. The van der Waals surface area contributed by atoms with E-state index in [1.54, 1.807) is 0 Å². The van der Waals surface area contributed by atoms with Gasteiger partial charge in [-0.05, 0) is 30.5 Å². The summed E-state index contributed by atoms with van der Waals surface area (Å²) in [6.45, 7) is 6.90. The molecule has 0 saturated heterocycles. The number of unbranched alkanes of at least 4 members (excludes halogenated alkanes) is 13. The molecule has 0 unspecified atom stereocenters. The van der Waals surface area contributed by atoms with Gasteiger partial charge in [-0.2, -0.15) is 0 Å². The Labute approximate surface area is 163 Å². The highest BCUT2D eigenvalue weighted by molar-refractivity contribution is 5.28. The lowest BCUT2D eigenvalue weighted by molar-refractivity contribution is 0.304. The molecule has 0 aliphatic carbocycles. The summed E-state index contributed by atoms with van der Waals surface area (Å²) in [5.74, 6) is 0.993. The number of hydrogen-bond donors (Lipinski definition) is 0. The van der Waals surface area contributed by atoms with Gasteiger partial charge in [0.1, 0.15) is 5.75 Å². The topological polar surface area (TPSA) is 9.23 Å². The Hall–Kier alpha value is -1.24. The van der Waals surface area contributed by atoms with Crippen LogP contribution in [0, 0.1) is 0 Å². The molecule has 0 aromatic heterocycles. The van der Waals surface area contributed by atoms with Crippen LogP contribution in [-0.2, 0) is 6.42 Å². The van der Waals surface area contributed by atoms with E-state index in [4.69, 9.17) is 4.74 Å². The summed E-state index contributed by atoms with van der Waals surface area (Å²) >= 11 is 0. The third-order valence-corrected chi connectivity index (χ3v) is 5.07. The van der Waals surface area contributed by atoms with E-state index in [2.05, 4.69) is 37.8 Å². The van der Waals surface area contributed by atoms with Crippen molar-refractivity contribution in [1.29, 1.82) is 0 Å². The minimum Gasteiger partial charge on any atom is -0.494 e. The zero-order valence-corrected chi connectivity index (χ0v) is 17.3. The number of allylic oxidation sites excluding steroid dienone is 1. The fourth-order valence-corrected chi connectivity index (χ4v) is 3.38. The van der Waals surface area contributed by atoms with Crippen molar-refractivity contribution in [2.45, 2.75) is 103 Å². The standard InChI is InChI=1S/C25H42O/c1-3-5-6-7-8-9-10-11-12-13-14-15-16-17-23-26-25-21-19-24(18-4-2)20-22-25/h4,19-22H,2-3,5-18,23H2,1H3. The van der Waals surface area contributed by atoms with Gasteiger partial charge in [-0.3, -0.25) is 0 Å². The normalized spacial score (nSPS) is 10.8. The van der Waals surface area contributed by atoms with Gasteiger partial charge in [0.05, 0.1) is 6.61 Å². The quantitative estimate of drug-likeness (QED) is 0.189. The van der Waals surface area contributed by atoms with Crippen LogP contribution in [0.5, 0.6) is 5.75 Å². The van der Waals surface area contributed by atoms with Gasteiger partial charge >= 0.3 is 0 Å². The molecule has 0 amide bonds. The van der Waals surface area contributed by atoms with Crippen LogP contribution in [0.3, 0.4) is 0 Å². The van der Waals surface area contributed by atoms with E-state index >= 15 is 0 Å². The molecule has 0 N–H and O–H groups in total. The maximum atomic E-state index is 5.82. The molecule has 148 valence electrons. The molecule has 0 radical (unpaired) electrons. The van der Waals surface area contributed by atoms with Crippen molar-refractivity contribution >= 4 is 0 Å². The predicted molar refractivity (Wildman–Crippen MR) is 116 cm³/mol. The van der Waals surface area contributed by atoms with Crippen LogP contribution < -0.4 is 4.74 Å². The van der Waals surface area contributed by atoms with Gasteiger partial charge in [-0.15, -0.1) is 6.58 Å². The van der Waals surface area contributed by atoms with Crippen molar-refractivity contribution in [3.8, 4) is 5.75 Å². The van der Waals surface area contributed by atoms with Crippen LogP contribution >= 0.6 is 0 Å². The van der Waals surface area contributed by atoms with Crippen molar-refractivity contribution < 1.29 is 4.74 Å². The Kier molecular flexibility index (Phi) is 15.1. The fourth-order valence-electron chi connectivity index (χ4n) is 3.38. The van der Waals surface area contributed by atoms with Crippen molar-refractivity contribution in [2.75, 3.05) is 6.61 Å². The van der Waals surface area contributed by atoms with Crippen molar-refractivity contribution in [3.05, 3.63) is 42.5 Å². The minimum absolute atomic E-state index is 0.846. The van der Waals surface area contributed by atoms with Crippen molar-refractivity contribution in [3.63, 3.8) is 0 Å². The first-order valence-corrected chi connectivity index (χ1v) is 11.2. The van der Waals surface area contributed by atoms with Crippen molar-refractivity contribution in [1.82, 2.24) is 0 Å². The highest BCUT2D eigenvalue weighted by atomic mass is 16.5. The highest BCUT2D eigenvalue weighted by Crippen LogP contribution is 2.15. The molecule has 0 aliphatic rings. The Morgan fingerprint density at radius 3 is 1.62 bits per heavy atom. The Bertz CT molecular complexity index is 420. The molecule has 0 bridgehead atoms. The number of hydrogen-bond acceptors (Lipinski definition) is 1. The predicted octanol–water partition coefficient (Wildman–Crippen LogP) is 8.28. The van der Waals surface area contributed by atoms with Gasteiger partial charge in [-0.1, -0.05) is 109 Å². The van der Waals surface area contributed by atoms with Crippen LogP contribution in [0.2, 0.25) is 0 Å². The highest BCUT2D eigenvalue weighted by Gasteiger charge is 1.96. The first kappa shape index (κ1) is 22.8. The van der Waals surface area contributed by atoms with E-state index in [9.17, 15) is 0 Å². The van der Waals surface area contributed by atoms with Gasteiger partial charge < -0.3 is 4.74 Å². The van der Waals surface area contributed by atoms with E-state index in [0.717, 1.165) is 18.8 Å². The molecule has 0 aliphatic heterocycles. The molecule has 0 spiro atoms. The maximum absolute atomic E-state index is 5.82. The van der Waals surface area contributed by atoms with Gasteiger partial charge in [0, 0.05) is 0 Å². The monoisotopic (exact) mass is 358 g/mol. The Morgan fingerprint density at radius 2 is 1.15 bits per heavy atom. The summed E-state index contributed by atoms with van der Waals surface area (Å²) in [4.78, 5) is 0. The first-order valence-electron chi connectivity index (χ1n) is 11.2. The average molecular weight is 359 g/mol. The zero-order chi connectivity index (χ0) is 18.7. The number of ether oxygens (including phenoxy) is 1. The molecular formula is C25H42O. The third kappa shape index (κ3) is 13.0. The molecule has 0 atom stereocenters. The molecule has 1 aromatic rings. The van der Waals surface area contributed by atoms with E-state index in [1.807, 2.05) is 6.08 Å². The smallest absolute Gasteiger partial charge is 0.119 e. The Morgan fingerprint density at radius 1 is 0.692 bits per heavy atom. The molecule has 1 aromatic carbocycles. The van der Waals surface area contributed by atoms with Gasteiger partial charge in [0.2, 0.25) is 0 Å². The summed E-state index contributed by atoms with van der Waals surface area (Å²) in [7, 11) is 0. The van der Waals surface area contributed by atoms with Gasteiger partial charge in [0.15, 0.2) is 0 Å². The van der Waals surface area contributed by atoms with Gasteiger partial charge in [0.25, 0.3) is 0 Å². The molecule has 1 rings (SSSR count). The van der Waals surface area contributed by atoms with E-state index in [0.29, 0.717) is 0 Å². The van der Waals surface area contributed by atoms with E-state index in [1.165, 1.54) is 95.5 Å². The molecule has 0 saturated carbocycles. The van der Waals surface area contributed by atoms with Crippen LogP contribution in [0.25, 0.3) is 0 Å². The minimum atomic E-state index is 0.846. The van der Waals surface area contributed by atoms with Crippen LogP contribution in [-0.4, -0.2) is 6.61 Å². The molecular weight excluding hydrogens is 316 g/mol. The first-order chi connectivity index (χ1) is 12.9. The van der Waals surface area contributed by atoms with Crippen molar-refractivity contribution in [2.24, 2.45) is 0 Å². The lowest BCUT2D eigenvalue weighted by Crippen LogP contribution is -1.97. The summed E-state index contributed by atoms with van der Waals surface area (Å²) < 4.78 is 5.82.